The van der Waals surface area contributed by atoms with Gasteiger partial charge in [-0.15, -0.1) is 0 Å². The predicted octanol–water partition coefficient (Wildman–Crippen LogP) is 1.24. The standard InChI is InChI=1S/C12H25NO2/c1-2-13(8-5-9-14)10-11-6-3-4-7-12(11)15/h11-12,14-15H,2-10H2,1H3. The van der Waals surface area contributed by atoms with Crippen molar-refractivity contribution >= 4 is 0 Å². The van der Waals surface area contributed by atoms with Gasteiger partial charge < -0.3 is 15.1 Å². The highest BCUT2D eigenvalue weighted by Gasteiger charge is 2.24. The lowest BCUT2D eigenvalue weighted by atomic mass is 9.86. The zero-order valence-corrected chi connectivity index (χ0v) is 9.86. The van der Waals surface area contributed by atoms with E-state index in [1.54, 1.807) is 0 Å². The molecule has 0 aromatic heterocycles. The molecule has 0 saturated heterocycles. The summed E-state index contributed by atoms with van der Waals surface area (Å²) in [7, 11) is 0. The zero-order valence-electron chi connectivity index (χ0n) is 9.86. The Labute approximate surface area is 93.1 Å². The Morgan fingerprint density at radius 3 is 2.60 bits per heavy atom. The molecule has 0 amide bonds. The van der Waals surface area contributed by atoms with Crippen molar-refractivity contribution in [2.24, 2.45) is 5.92 Å². The van der Waals surface area contributed by atoms with Gasteiger partial charge in [0.1, 0.15) is 0 Å². The Morgan fingerprint density at radius 1 is 1.27 bits per heavy atom. The number of aliphatic hydroxyl groups excluding tert-OH is 2. The Kier molecular flexibility index (Phi) is 6.22. The zero-order chi connectivity index (χ0) is 11.1. The molecule has 0 aliphatic heterocycles. The molecule has 0 bridgehead atoms. The maximum atomic E-state index is 9.86. The molecular weight excluding hydrogens is 190 g/mol. The van der Waals surface area contributed by atoms with Crippen molar-refractivity contribution < 1.29 is 10.2 Å². The molecule has 0 heterocycles. The first kappa shape index (κ1) is 12.9. The van der Waals surface area contributed by atoms with Gasteiger partial charge in [0.2, 0.25) is 0 Å². The molecule has 0 radical (unpaired) electrons. The molecule has 0 spiro atoms. The maximum Gasteiger partial charge on any atom is 0.0580 e. The highest BCUT2D eigenvalue weighted by atomic mass is 16.3. The van der Waals surface area contributed by atoms with Crippen molar-refractivity contribution in [1.29, 1.82) is 0 Å². The van der Waals surface area contributed by atoms with E-state index in [1.165, 1.54) is 12.8 Å². The van der Waals surface area contributed by atoms with Crippen LogP contribution < -0.4 is 0 Å². The Hall–Kier alpha value is -0.120. The van der Waals surface area contributed by atoms with E-state index in [-0.39, 0.29) is 12.7 Å². The van der Waals surface area contributed by atoms with E-state index in [9.17, 15) is 5.11 Å². The monoisotopic (exact) mass is 215 g/mol. The van der Waals surface area contributed by atoms with Crippen molar-refractivity contribution in [2.45, 2.75) is 45.1 Å². The summed E-state index contributed by atoms with van der Waals surface area (Å²) in [6.07, 6.45) is 5.33. The fourth-order valence-electron chi connectivity index (χ4n) is 2.41. The number of hydrogen-bond donors (Lipinski definition) is 2. The third kappa shape index (κ3) is 4.49. The molecule has 3 heteroatoms. The third-order valence-electron chi connectivity index (χ3n) is 3.44. The van der Waals surface area contributed by atoms with Crippen LogP contribution in [0.3, 0.4) is 0 Å². The maximum absolute atomic E-state index is 9.86. The van der Waals surface area contributed by atoms with Crippen molar-refractivity contribution in [3.8, 4) is 0 Å². The summed E-state index contributed by atoms with van der Waals surface area (Å²) in [4.78, 5) is 2.34. The minimum absolute atomic E-state index is 0.0954. The van der Waals surface area contributed by atoms with Crippen LogP contribution in [0.5, 0.6) is 0 Å². The van der Waals surface area contributed by atoms with Gasteiger partial charge in [-0.2, -0.15) is 0 Å². The normalized spacial score (nSPS) is 27.2. The average molecular weight is 215 g/mol. The quantitative estimate of drug-likeness (QED) is 0.700. The molecule has 1 aliphatic rings. The Bertz CT molecular complexity index is 164. The molecule has 2 atom stereocenters. The van der Waals surface area contributed by atoms with Crippen LogP contribution in [0, 0.1) is 5.92 Å². The van der Waals surface area contributed by atoms with Crippen molar-refractivity contribution in [3.05, 3.63) is 0 Å². The summed E-state index contributed by atoms with van der Waals surface area (Å²) in [6, 6.07) is 0. The van der Waals surface area contributed by atoms with Crippen LogP contribution in [0.2, 0.25) is 0 Å². The molecule has 2 unspecified atom stereocenters. The van der Waals surface area contributed by atoms with Gasteiger partial charge in [0.25, 0.3) is 0 Å². The van der Waals surface area contributed by atoms with Crippen molar-refractivity contribution in [3.63, 3.8) is 0 Å². The minimum Gasteiger partial charge on any atom is -0.396 e. The molecule has 1 fully saturated rings. The van der Waals surface area contributed by atoms with E-state index in [0.29, 0.717) is 5.92 Å². The van der Waals surface area contributed by atoms with E-state index in [1.807, 2.05) is 0 Å². The summed E-state index contributed by atoms with van der Waals surface area (Å²) >= 11 is 0. The van der Waals surface area contributed by atoms with Gasteiger partial charge >= 0.3 is 0 Å². The van der Waals surface area contributed by atoms with Gasteiger partial charge in [-0.1, -0.05) is 19.8 Å². The molecule has 1 saturated carbocycles. The molecule has 1 rings (SSSR count). The molecule has 15 heavy (non-hydrogen) atoms. The van der Waals surface area contributed by atoms with Crippen LogP contribution in [0.1, 0.15) is 39.0 Å². The summed E-state index contributed by atoms with van der Waals surface area (Å²) in [5.74, 6) is 0.456. The minimum atomic E-state index is -0.0954. The Balaban J connectivity index is 2.29. The van der Waals surface area contributed by atoms with E-state index in [2.05, 4.69) is 11.8 Å². The highest BCUT2D eigenvalue weighted by molar-refractivity contribution is 4.77. The summed E-state index contributed by atoms with van der Waals surface area (Å²) in [5.41, 5.74) is 0. The smallest absolute Gasteiger partial charge is 0.0580 e. The SMILES string of the molecule is CCN(CCCO)CC1CCCCC1O. The second kappa shape index (κ2) is 7.20. The molecule has 90 valence electrons. The number of aliphatic hydroxyl groups is 2. The lowest BCUT2D eigenvalue weighted by molar-refractivity contribution is 0.0463. The summed E-state index contributed by atoms with van der Waals surface area (Å²) in [6.45, 7) is 5.38. The number of nitrogens with zero attached hydrogens (tertiary/aromatic N) is 1. The lowest BCUT2D eigenvalue weighted by Crippen LogP contribution is -2.37. The summed E-state index contributed by atoms with van der Waals surface area (Å²) in [5, 5.41) is 18.7. The lowest BCUT2D eigenvalue weighted by Gasteiger charge is -2.32. The fourth-order valence-corrected chi connectivity index (χ4v) is 2.41. The molecule has 1 aliphatic carbocycles. The van der Waals surface area contributed by atoms with Gasteiger partial charge in [-0.05, 0) is 31.7 Å². The van der Waals surface area contributed by atoms with Crippen LogP contribution in [0.15, 0.2) is 0 Å². The van der Waals surface area contributed by atoms with E-state index in [4.69, 9.17) is 5.11 Å². The first-order chi connectivity index (χ1) is 7.27. The van der Waals surface area contributed by atoms with Gasteiger partial charge in [0, 0.05) is 19.7 Å². The van der Waals surface area contributed by atoms with Crippen LogP contribution in [0.4, 0.5) is 0 Å². The van der Waals surface area contributed by atoms with Gasteiger partial charge in [0.15, 0.2) is 0 Å². The van der Waals surface area contributed by atoms with Crippen LogP contribution in [0.25, 0.3) is 0 Å². The van der Waals surface area contributed by atoms with E-state index >= 15 is 0 Å². The molecule has 0 aromatic rings. The first-order valence-corrected chi connectivity index (χ1v) is 6.29. The van der Waals surface area contributed by atoms with Crippen LogP contribution >= 0.6 is 0 Å². The van der Waals surface area contributed by atoms with E-state index < -0.39 is 0 Å². The average Bonchev–Trinajstić information content (AvgIpc) is 2.26. The highest BCUT2D eigenvalue weighted by Crippen LogP contribution is 2.25. The molecular formula is C12H25NO2. The first-order valence-electron chi connectivity index (χ1n) is 6.29. The number of rotatable bonds is 6. The van der Waals surface area contributed by atoms with Gasteiger partial charge in [-0.25, -0.2) is 0 Å². The second-order valence-electron chi connectivity index (χ2n) is 4.58. The molecule has 3 nitrogen and oxygen atoms in total. The third-order valence-corrected chi connectivity index (χ3v) is 3.44. The van der Waals surface area contributed by atoms with Crippen molar-refractivity contribution in [1.82, 2.24) is 4.90 Å². The van der Waals surface area contributed by atoms with Crippen LogP contribution in [-0.2, 0) is 0 Å². The largest absolute Gasteiger partial charge is 0.396 e. The number of hydrogen-bond acceptors (Lipinski definition) is 3. The second-order valence-corrected chi connectivity index (χ2v) is 4.58. The van der Waals surface area contributed by atoms with Crippen LogP contribution in [-0.4, -0.2) is 47.5 Å². The van der Waals surface area contributed by atoms with E-state index in [0.717, 1.165) is 38.9 Å². The predicted molar refractivity (Wildman–Crippen MR) is 61.8 cm³/mol. The van der Waals surface area contributed by atoms with Crippen molar-refractivity contribution in [2.75, 3.05) is 26.2 Å². The summed E-state index contributed by atoms with van der Waals surface area (Å²) < 4.78 is 0. The molecule has 0 aromatic carbocycles. The Morgan fingerprint density at radius 2 is 2.00 bits per heavy atom. The topological polar surface area (TPSA) is 43.7 Å². The van der Waals surface area contributed by atoms with Gasteiger partial charge in [0.05, 0.1) is 6.10 Å². The molecule has 2 N–H and O–H groups in total. The fraction of sp³-hybridized carbons (Fsp3) is 1.00. The van der Waals surface area contributed by atoms with Gasteiger partial charge in [-0.3, -0.25) is 0 Å².